The highest BCUT2D eigenvalue weighted by Crippen LogP contribution is 2.53. The first-order valence-corrected chi connectivity index (χ1v) is 6.95. The molecule has 0 atom stereocenters. The van der Waals surface area contributed by atoms with E-state index in [-0.39, 0.29) is 0 Å². The van der Waals surface area contributed by atoms with Crippen molar-refractivity contribution in [2.75, 3.05) is 26.2 Å². The average Bonchev–Trinajstić information content (AvgIpc) is 2.25. The lowest BCUT2D eigenvalue weighted by molar-refractivity contribution is -0.194. The Hall–Kier alpha value is -0.930. The number of hydrogen-bond donors (Lipinski definition) is 0. The molecule has 4 fully saturated rings. The van der Waals surface area contributed by atoms with Crippen LogP contribution in [-0.2, 0) is 0 Å². The van der Waals surface area contributed by atoms with Crippen molar-refractivity contribution in [2.45, 2.75) is 26.4 Å². The SMILES string of the molecule is CC12CN3CC(C)(CN(C1)C3c1ccncc1)C2. The van der Waals surface area contributed by atoms with Crippen molar-refractivity contribution >= 4 is 0 Å². The normalized spacial score (nSPS) is 49.6. The highest BCUT2D eigenvalue weighted by Gasteiger charge is 2.56. The van der Waals surface area contributed by atoms with Crippen LogP contribution in [-0.4, -0.2) is 41.0 Å². The zero-order valence-electron chi connectivity index (χ0n) is 11.3. The van der Waals surface area contributed by atoms with Gasteiger partial charge in [-0.3, -0.25) is 14.8 Å². The van der Waals surface area contributed by atoms with Gasteiger partial charge in [0.2, 0.25) is 0 Å². The van der Waals surface area contributed by atoms with Crippen molar-refractivity contribution in [3.63, 3.8) is 0 Å². The van der Waals surface area contributed by atoms with E-state index in [0.29, 0.717) is 17.0 Å². The molecule has 4 aliphatic rings. The summed E-state index contributed by atoms with van der Waals surface area (Å²) >= 11 is 0. The summed E-state index contributed by atoms with van der Waals surface area (Å²) in [7, 11) is 0. The van der Waals surface area contributed by atoms with Gasteiger partial charge in [0.05, 0.1) is 6.17 Å². The van der Waals surface area contributed by atoms with Gasteiger partial charge in [0, 0.05) is 38.6 Å². The molecule has 4 saturated heterocycles. The molecule has 5 rings (SSSR count). The lowest BCUT2D eigenvalue weighted by atomic mass is 9.63. The van der Waals surface area contributed by atoms with Crippen molar-refractivity contribution in [3.05, 3.63) is 30.1 Å². The van der Waals surface area contributed by atoms with Gasteiger partial charge in [0.25, 0.3) is 0 Å². The van der Waals surface area contributed by atoms with Crippen LogP contribution < -0.4 is 0 Å². The Bertz CT molecular complexity index is 434. The zero-order valence-corrected chi connectivity index (χ0v) is 11.3. The number of rotatable bonds is 1. The summed E-state index contributed by atoms with van der Waals surface area (Å²) in [6, 6.07) is 4.36. The van der Waals surface area contributed by atoms with Gasteiger partial charge in [0.15, 0.2) is 0 Å². The van der Waals surface area contributed by atoms with Crippen LogP contribution in [0.3, 0.4) is 0 Å². The fourth-order valence-electron chi connectivity index (χ4n) is 4.96. The largest absolute Gasteiger partial charge is 0.283 e. The molecular formula is C15H21N3. The summed E-state index contributed by atoms with van der Waals surface area (Å²) in [5.74, 6) is 0. The van der Waals surface area contributed by atoms with Crippen molar-refractivity contribution < 1.29 is 0 Å². The van der Waals surface area contributed by atoms with Crippen LogP contribution in [0.5, 0.6) is 0 Å². The predicted molar refractivity (Wildman–Crippen MR) is 71.0 cm³/mol. The Balaban J connectivity index is 1.73. The third kappa shape index (κ3) is 1.47. The molecule has 3 nitrogen and oxygen atoms in total. The molecule has 1 aromatic heterocycles. The smallest absolute Gasteiger partial charge is 0.0888 e. The number of piperidine rings is 2. The maximum Gasteiger partial charge on any atom is 0.0888 e. The van der Waals surface area contributed by atoms with Crippen LogP contribution in [0.2, 0.25) is 0 Å². The van der Waals surface area contributed by atoms with Gasteiger partial charge in [-0.05, 0) is 34.9 Å². The van der Waals surface area contributed by atoms with Crippen LogP contribution in [0.25, 0.3) is 0 Å². The minimum Gasteiger partial charge on any atom is -0.283 e. The first-order valence-electron chi connectivity index (χ1n) is 6.95. The molecule has 18 heavy (non-hydrogen) atoms. The van der Waals surface area contributed by atoms with Gasteiger partial charge in [0.1, 0.15) is 0 Å². The van der Waals surface area contributed by atoms with Crippen molar-refractivity contribution in [3.8, 4) is 0 Å². The number of hydrogen-bond acceptors (Lipinski definition) is 3. The van der Waals surface area contributed by atoms with E-state index >= 15 is 0 Å². The molecule has 0 spiro atoms. The summed E-state index contributed by atoms with van der Waals surface area (Å²) in [5, 5.41) is 0. The first kappa shape index (κ1) is 10.9. The average molecular weight is 243 g/mol. The summed E-state index contributed by atoms with van der Waals surface area (Å²) in [6.07, 6.45) is 5.74. The summed E-state index contributed by atoms with van der Waals surface area (Å²) in [5.41, 5.74) is 2.43. The lowest BCUT2D eigenvalue weighted by Gasteiger charge is -2.66. The molecule has 0 aromatic carbocycles. The molecule has 0 radical (unpaired) electrons. The Morgan fingerprint density at radius 3 is 2.00 bits per heavy atom. The number of aromatic nitrogens is 1. The van der Waals surface area contributed by atoms with Crippen molar-refractivity contribution in [1.29, 1.82) is 0 Å². The molecule has 0 saturated carbocycles. The second kappa shape index (κ2) is 3.34. The van der Waals surface area contributed by atoms with Gasteiger partial charge >= 0.3 is 0 Å². The van der Waals surface area contributed by atoms with Crippen LogP contribution in [0.1, 0.15) is 32.0 Å². The molecule has 3 heteroatoms. The quantitative estimate of drug-likeness (QED) is 0.753. The van der Waals surface area contributed by atoms with Crippen molar-refractivity contribution in [2.24, 2.45) is 10.8 Å². The number of nitrogens with zero attached hydrogens (tertiary/aromatic N) is 3. The van der Waals surface area contributed by atoms with Crippen LogP contribution in [0.4, 0.5) is 0 Å². The minimum atomic E-state index is 0.495. The summed E-state index contributed by atoms with van der Waals surface area (Å²) < 4.78 is 0. The van der Waals surface area contributed by atoms with E-state index in [4.69, 9.17) is 0 Å². The fraction of sp³-hybridized carbons (Fsp3) is 0.667. The molecule has 0 amide bonds. The molecular weight excluding hydrogens is 222 g/mol. The first-order chi connectivity index (χ1) is 8.57. The van der Waals surface area contributed by atoms with E-state index < -0.39 is 0 Å². The van der Waals surface area contributed by atoms with E-state index in [0.717, 1.165) is 0 Å². The van der Waals surface area contributed by atoms with Gasteiger partial charge in [-0.25, -0.2) is 0 Å². The number of pyridine rings is 1. The zero-order chi connectivity index (χ0) is 12.4. The van der Waals surface area contributed by atoms with E-state index in [2.05, 4.69) is 40.8 Å². The molecule has 4 bridgehead atoms. The topological polar surface area (TPSA) is 19.4 Å². The second-order valence-corrected chi connectivity index (χ2v) is 7.26. The van der Waals surface area contributed by atoms with E-state index in [1.807, 2.05) is 12.4 Å². The Kier molecular flexibility index (Phi) is 2.03. The monoisotopic (exact) mass is 243 g/mol. The van der Waals surface area contributed by atoms with Crippen LogP contribution in [0.15, 0.2) is 24.5 Å². The standard InChI is InChI=1S/C15H21N3/c1-14-7-15(2)10-17(8-14)13(18(9-14)11-15)12-3-5-16-6-4-12/h3-6,13H,7-11H2,1-2H3. The van der Waals surface area contributed by atoms with Gasteiger partial charge in [-0.1, -0.05) is 13.8 Å². The minimum absolute atomic E-state index is 0.495. The highest BCUT2D eigenvalue weighted by molar-refractivity contribution is 5.20. The predicted octanol–water partition coefficient (Wildman–Crippen LogP) is 2.13. The van der Waals surface area contributed by atoms with E-state index in [1.54, 1.807) is 0 Å². The third-order valence-electron chi connectivity index (χ3n) is 4.89. The maximum atomic E-state index is 4.15. The summed E-state index contributed by atoms with van der Waals surface area (Å²) in [6.45, 7) is 9.95. The van der Waals surface area contributed by atoms with Crippen LogP contribution in [0, 0.1) is 10.8 Å². The molecule has 4 aliphatic heterocycles. The van der Waals surface area contributed by atoms with Gasteiger partial charge in [-0.15, -0.1) is 0 Å². The molecule has 1 aromatic rings. The highest BCUT2D eigenvalue weighted by atomic mass is 15.4. The fourth-order valence-corrected chi connectivity index (χ4v) is 4.96. The third-order valence-corrected chi connectivity index (χ3v) is 4.89. The maximum absolute atomic E-state index is 4.15. The second-order valence-electron chi connectivity index (χ2n) is 7.26. The van der Waals surface area contributed by atoms with Gasteiger partial charge < -0.3 is 0 Å². The Morgan fingerprint density at radius 1 is 1.00 bits per heavy atom. The van der Waals surface area contributed by atoms with Crippen LogP contribution >= 0.6 is 0 Å². The molecule has 0 N–H and O–H groups in total. The summed E-state index contributed by atoms with van der Waals surface area (Å²) in [4.78, 5) is 9.52. The Morgan fingerprint density at radius 2 is 1.50 bits per heavy atom. The lowest BCUT2D eigenvalue weighted by Crippen LogP contribution is -2.70. The van der Waals surface area contributed by atoms with E-state index in [1.165, 1.54) is 38.2 Å². The molecule has 0 aliphatic carbocycles. The van der Waals surface area contributed by atoms with Crippen molar-refractivity contribution in [1.82, 2.24) is 14.8 Å². The Labute approximate surface area is 109 Å². The van der Waals surface area contributed by atoms with Gasteiger partial charge in [-0.2, -0.15) is 0 Å². The van der Waals surface area contributed by atoms with E-state index in [9.17, 15) is 0 Å². The molecule has 96 valence electrons. The molecule has 0 unspecified atom stereocenters. The molecule has 5 heterocycles.